The van der Waals surface area contributed by atoms with Crippen molar-refractivity contribution < 1.29 is 19.1 Å². The Morgan fingerprint density at radius 3 is 1.89 bits per heavy atom. The smallest absolute Gasteiger partial charge is 0.310 e. The maximum absolute atomic E-state index is 14.2. The lowest BCUT2D eigenvalue weighted by Gasteiger charge is -2.43. The Morgan fingerprint density at radius 2 is 1.42 bits per heavy atom. The van der Waals surface area contributed by atoms with Gasteiger partial charge in [0.05, 0.1) is 11.8 Å². The van der Waals surface area contributed by atoms with Crippen molar-refractivity contribution >= 4 is 57.1 Å². The summed E-state index contributed by atoms with van der Waals surface area (Å²) in [7, 11) is 0. The lowest BCUT2D eigenvalue weighted by molar-refractivity contribution is -0.187. The summed E-state index contributed by atoms with van der Waals surface area (Å²) in [6, 6.07) is 0. The van der Waals surface area contributed by atoms with E-state index in [-0.39, 0.29) is 35.0 Å². The molecule has 0 aromatic rings. The molecule has 0 amide bonds. The zero-order valence-corrected chi connectivity index (χ0v) is 26.4. The van der Waals surface area contributed by atoms with E-state index in [2.05, 4.69) is 59.0 Å². The molecule has 6 aliphatic carbocycles. The summed E-state index contributed by atoms with van der Waals surface area (Å²) in [6.45, 7) is 4.37. The lowest BCUT2D eigenvalue weighted by atomic mass is 9.66. The standard InChI is InChI=1S/C30H44I2O4/c1-3-29(9-5-6-10-29)35-27(33)25-21-13-22(24-19(16-32)12-18(15-31)23(21)24)26(25)28(34)36-30(4-2)14-17-7-8-20(30)11-17/h17-26H,3-16H2,1-2H3. The molecular weight excluding hydrogens is 678 g/mol. The normalized spacial score (nSPS) is 47.9. The fourth-order valence-electron chi connectivity index (χ4n) is 10.6. The number of rotatable bonds is 8. The highest BCUT2D eigenvalue weighted by molar-refractivity contribution is 14.1. The van der Waals surface area contributed by atoms with Gasteiger partial charge >= 0.3 is 11.9 Å². The Balaban J connectivity index is 1.30. The van der Waals surface area contributed by atoms with E-state index in [1.165, 1.54) is 25.7 Å². The van der Waals surface area contributed by atoms with Gasteiger partial charge in [0, 0.05) is 8.86 Å². The molecule has 11 unspecified atom stereocenters. The third-order valence-electron chi connectivity index (χ3n) is 12.2. The molecule has 202 valence electrons. The highest BCUT2D eigenvalue weighted by atomic mass is 127. The van der Waals surface area contributed by atoms with Crippen molar-refractivity contribution in [1.82, 2.24) is 0 Å². The summed E-state index contributed by atoms with van der Waals surface area (Å²) >= 11 is 5.13. The average molecular weight is 722 g/mol. The lowest BCUT2D eigenvalue weighted by Crippen LogP contribution is -2.49. The molecule has 4 bridgehead atoms. The first-order chi connectivity index (χ1) is 17.4. The molecule has 0 spiro atoms. The van der Waals surface area contributed by atoms with Crippen molar-refractivity contribution in [2.24, 2.45) is 59.2 Å². The van der Waals surface area contributed by atoms with Gasteiger partial charge in [-0.3, -0.25) is 9.59 Å². The number of halogens is 2. The summed E-state index contributed by atoms with van der Waals surface area (Å²) in [5, 5.41) is 0. The maximum atomic E-state index is 14.2. The predicted molar refractivity (Wildman–Crippen MR) is 157 cm³/mol. The van der Waals surface area contributed by atoms with Crippen LogP contribution in [0.15, 0.2) is 0 Å². The quantitative estimate of drug-likeness (QED) is 0.149. The van der Waals surface area contributed by atoms with Crippen LogP contribution in [-0.4, -0.2) is 32.0 Å². The maximum Gasteiger partial charge on any atom is 0.310 e. The van der Waals surface area contributed by atoms with E-state index < -0.39 is 0 Å². The molecule has 0 heterocycles. The van der Waals surface area contributed by atoms with Crippen LogP contribution in [0.4, 0.5) is 0 Å². The van der Waals surface area contributed by atoms with E-state index >= 15 is 0 Å². The van der Waals surface area contributed by atoms with Crippen molar-refractivity contribution in [3.8, 4) is 0 Å². The van der Waals surface area contributed by atoms with Gasteiger partial charge in [-0.2, -0.15) is 0 Å². The summed E-state index contributed by atoms with van der Waals surface area (Å²) < 4.78 is 15.4. The number of carbonyl (C=O) groups excluding carboxylic acids is 2. The fourth-order valence-corrected chi connectivity index (χ4v) is 12.5. The Hall–Kier alpha value is 0.400. The molecule has 0 N–H and O–H groups in total. The number of fused-ring (bicyclic) bond motifs is 7. The van der Waals surface area contributed by atoms with Gasteiger partial charge < -0.3 is 9.47 Å². The first-order valence-corrected chi connectivity index (χ1v) is 18.0. The molecule has 36 heavy (non-hydrogen) atoms. The van der Waals surface area contributed by atoms with E-state index in [9.17, 15) is 9.59 Å². The molecule has 6 aliphatic rings. The van der Waals surface area contributed by atoms with Crippen LogP contribution in [0.25, 0.3) is 0 Å². The molecule has 0 aliphatic heterocycles. The van der Waals surface area contributed by atoms with Gasteiger partial charge in [-0.1, -0.05) is 59.0 Å². The Labute approximate surface area is 244 Å². The Bertz CT molecular complexity index is 871. The molecule has 0 radical (unpaired) electrons. The fraction of sp³-hybridized carbons (Fsp3) is 0.933. The summed E-state index contributed by atoms with van der Waals surface area (Å²) in [5.41, 5.74) is -0.583. The highest BCUT2D eigenvalue weighted by Crippen LogP contribution is 2.68. The van der Waals surface area contributed by atoms with E-state index in [0.29, 0.717) is 41.4 Å². The van der Waals surface area contributed by atoms with E-state index in [1.54, 1.807) is 0 Å². The molecule has 6 rings (SSSR count). The number of hydrogen-bond donors (Lipinski definition) is 0. The second kappa shape index (κ2) is 10.1. The predicted octanol–water partition coefficient (Wildman–Crippen LogP) is 7.39. The van der Waals surface area contributed by atoms with Crippen molar-refractivity contribution in [3.63, 3.8) is 0 Å². The first-order valence-electron chi connectivity index (χ1n) is 15.0. The van der Waals surface area contributed by atoms with Gasteiger partial charge in [0.25, 0.3) is 0 Å². The van der Waals surface area contributed by atoms with Crippen LogP contribution >= 0.6 is 45.2 Å². The van der Waals surface area contributed by atoms with Crippen LogP contribution in [0.1, 0.15) is 90.9 Å². The first kappa shape index (κ1) is 26.6. The van der Waals surface area contributed by atoms with E-state index in [1.807, 2.05) is 0 Å². The van der Waals surface area contributed by atoms with Gasteiger partial charge in [0.15, 0.2) is 0 Å². The van der Waals surface area contributed by atoms with Crippen molar-refractivity contribution in [2.45, 2.75) is 102 Å². The molecular formula is C30H44I2O4. The number of carbonyl (C=O) groups is 2. The summed E-state index contributed by atoms with van der Waals surface area (Å²) in [4.78, 5) is 28.3. The number of esters is 2. The molecule has 6 heteroatoms. The van der Waals surface area contributed by atoms with Crippen LogP contribution < -0.4 is 0 Å². The van der Waals surface area contributed by atoms with Crippen LogP contribution in [0.3, 0.4) is 0 Å². The molecule has 4 nitrogen and oxygen atoms in total. The van der Waals surface area contributed by atoms with Crippen LogP contribution in [-0.2, 0) is 19.1 Å². The minimum absolute atomic E-state index is 0.0422. The zero-order valence-electron chi connectivity index (χ0n) is 22.1. The van der Waals surface area contributed by atoms with Crippen LogP contribution in [0.5, 0.6) is 0 Å². The van der Waals surface area contributed by atoms with Gasteiger partial charge in [-0.25, -0.2) is 0 Å². The second-order valence-corrected chi connectivity index (χ2v) is 15.2. The van der Waals surface area contributed by atoms with Crippen LogP contribution in [0.2, 0.25) is 0 Å². The topological polar surface area (TPSA) is 52.6 Å². The minimum atomic E-state index is -0.300. The average Bonchev–Trinajstić information content (AvgIpc) is 3.70. The third kappa shape index (κ3) is 4.05. The molecule has 0 aromatic heterocycles. The zero-order chi connectivity index (χ0) is 25.2. The largest absolute Gasteiger partial charge is 0.459 e. The minimum Gasteiger partial charge on any atom is -0.459 e. The number of ether oxygens (including phenoxy) is 2. The van der Waals surface area contributed by atoms with Crippen LogP contribution in [0, 0.1) is 59.2 Å². The monoisotopic (exact) mass is 722 g/mol. The van der Waals surface area contributed by atoms with Gasteiger partial charge in [0.2, 0.25) is 0 Å². The van der Waals surface area contributed by atoms with Crippen molar-refractivity contribution in [3.05, 3.63) is 0 Å². The SMILES string of the molecule is CCC1(OC(=O)C2C3CC(C2C(=O)OC2(CC)CC4CCC2C4)C2C(CI)CC(CI)C32)CCCC1. The third-order valence-corrected chi connectivity index (χ3v) is 14.5. The van der Waals surface area contributed by atoms with Gasteiger partial charge in [0.1, 0.15) is 11.2 Å². The van der Waals surface area contributed by atoms with Crippen molar-refractivity contribution in [2.75, 3.05) is 8.86 Å². The second-order valence-electron chi connectivity index (χ2n) is 13.4. The molecule has 0 saturated heterocycles. The molecule has 11 atom stereocenters. The van der Waals surface area contributed by atoms with Crippen molar-refractivity contribution in [1.29, 1.82) is 0 Å². The summed E-state index contributed by atoms with van der Waals surface area (Å²) in [6.07, 6.45) is 13.1. The summed E-state index contributed by atoms with van der Waals surface area (Å²) in [5.74, 6) is 3.67. The number of hydrogen-bond acceptors (Lipinski definition) is 4. The Morgan fingerprint density at radius 1 is 0.806 bits per heavy atom. The van der Waals surface area contributed by atoms with E-state index in [0.717, 1.165) is 66.1 Å². The Kier molecular flexibility index (Phi) is 7.47. The molecule has 6 saturated carbocycles. The van der Waals surface area contributed by atoms with Gasteiger partial charge in [-0.15, -0.1) is 0 Å². The van der Waals surface area contributed by atoms with Gasteiger partial charge in [-0.05, 0) is 124 Å². The highest BCUT2D eigenvalue weighted by Gasteiger charge is 2.68. The number of alkyl halides is 2. The van der Waals surface area contributed by atoms with E-state index in [4.69, 9.17) is 9.47 Å². The molecule has 6 fully saturated rings. The molecule has 0 aromatic carbocycles.